The minimum absolute atomic E-state index is 0.0251. The Balaban J connectivity index is 1.62. The Bertz CT molecular complexity index is 1390. The molecule has 0 aromatic heterocycles. The largest absolute Gasteiger partial charge is 0.394 e. The van der Waals surface area contributed by atoms with Gasteiger partial charge in [-0.3, -0.25) is 14.4 Å². The first-order chi connectivity index (χ1) is 21.7. The number of aliphatic hydroxyl groups excluding tert-OH is 1. The van der Waals surface area contributed by atoms with E-state index in [2.05, 4.69) is 33.9 Å². The molecule has 8 atom stereocenters. The topological polar surface area (TPSA) is 81.2 Å². The second kappa shape index (κ2) is 14.0. The molecule has 3 saturated heterocycles. The summed E-state index contributed by atoms with van der Waals surface area (Å²) in [5.74, 6) is -1.66. The van der Waals surface area contributed by atoms with Crippen molar-refractivity contribution in [3.05, 3.63) is 91.5 Å². The van der Waals surface area contributed by atoms with E-state index in [1.165, 1.54) is 0 Å². The highest BCUT2D eigenvalue weighted by atomic mass is 32.2. The highest BCUT2D eigenvalue weighted by Gasteiger charge is 2.77. The Morgan fingerprint density at radius 2 is 1.71 bits per heavy atom. The fourth-order valence-corrected chi connectivity index (χ4v) is 10.5. The Kier molecular flexibility index (Phi) is 10.2. The summed E-state index contributed by atoms with van der Waals surface area (Å²) in [7, 11) is 0. The number of hydrogen-bond acceptors (Lipinski definition) is 5. The van der Waals surface area contributed by atoms with Crippen LogP contribution in [0.4, 0.5) is 5.69 Å². The molecule has 4 unspecified atom stereocenters. The molecule has 1 N–H and O–H groups in total. The normalized spacial score (nSPS) is 28.0. The van der Waals surface area contributed by atoms with E-state index >= 15 is 0 Å². The number of hydrogen-bond donors (Lipinski definition) is 1. The monoisotopic (exact) mass is 629 g/mol. The predicted molar refractivity (Wildman–Crippen MR) is 182 cm³/mol. The lowest BCUT2D eigenvalue weighted by Crippen LogP contribution is -2.60. The molecule has 2 bridgehead atoms. The van der Waals surface area contributed by atoms with Gasteiger partial charge in [0.1, 0.15) is 6.04 Å². The van der Waals surface area contributed by atoms with Gasteiger partial charge in [-0.05, 0) is 49.8 Å². The van der Waals surface area contributed by atoms with E-state index in [0.717, 1.165) is 30.5 Å². The van der Waals surface area contributed by atoms with Crippen molar-refractivity contribution in [3.63, 3.8) is 0 Å². The van der Waals surface area contributed by atoms with E-state index < -0.39 is 28.7 Å². The summed E-state index contributed by atoms with van der Waals surface area (Å²) in [6, 6.07) is 17.8. The molecule has 45 heavy (non-hydrogen) atoms. The number of para-hydroxylation sites is 1. The maximum atomic E-state index is 15.0. The van der Waals surface area contributed by atoms with E-state index in [1.54, 1.807) is 33.7 Å². The number of benzene rings is 2. The van der Waals surface area contributed by atoms with Crippen LogP contribution in [0.15, 0.2) is 86.0 Å². The van der Waals surface area contributed by atoms with Gasteiger partial charge in [0, 0.05) is 30.1 Å². The van der Waals surface area contributed by atoms with Crippen LogP contribution in [0.1, 0.15) is 45.6 Å². The van der Waals surface area contributed by atoms with Crippen molar-refractivity contribution in [2.75, 3.05) is 24.6 Å². The summed E-state index contributed by atoms with van der Waals surface area (Å²) >= 11 is 1.67. The van der Waals surface area contributed by atoms with Crippen LogP contribution in [0.3, 0.4) is 0 Å². The van der Waals surface area contributed by atoms with E-state index in [0.29, 0.717) is 19.5 Å². The molecule has 2 aromatic carbocycles. The number of anilines is 1. The summed E-state index contributed by atoms with van der Waals surface area (Å²) in [5, 5.41) is 10.8. The van der Waals surface area contributed by atoms with E-state index in [1.807, 2.05) is 65.6 Å². The molecule has 3 aliphatic rings. The SMILES string of the molecule is C=CCN(C(=O)[C@@H]1[C@H]2C(=O)N([C@@H](CO)Cc3ccccc3)C(C(=O)N(CC=C)C(C)CCC)C23S[C@@H]1CC3C)c1ccccc1. The lowest BCUT2D eigenvalue weighted by atomic mass is 9.65. The average molecular weight is 630 g/mol. The van der Waals surface area contributed by atoms with Gasteiger partial charge in [-0.2, -0.15) is 0 Å². The average Bonchev–Trinajstić information content (AvgIpc) is 3.65. The van der Waals surface area contributed by atoms with Gasteiger partial charge in [-0.1, -0.05) is 81.0 Å². The van der Waals surface area contributed by atoms with Gasteiger partial charge in [-0.15, -0.1) is 24.9 Å². The fraction of sp³-hybridized carbons (Fsp3) is 0.486. The smallest absolute Gasteiger partial charge is 0.247 e. The van der Waals surface area contributed by atoms with Crippen molar-refractivity contribution < 1.29 is 19.5 Å². The quantitative estimate of drug-likeness (QED) is 0.285. The van der Waals surface area contributed by atoms with Gasteiger partial charge in [0.05, 0.1) is 29.2 Å². The Morgan fingerprint density at radius 1 is 1.07 bits per heavy atom. The van der Waals surface area contributed by atoms with Crippen LogP contribution in [-0.2, 0) is 20.8 Å². The van der Waals surface area contributed by atoms with Crippen LogP contribution >= 0.6 is 11.8 Å². The molecule has 0 saturated carbocycles. The summed E-state index contributed by atoms with van der Waals surface area (Å²) < 4.78 is -0.787. The lowest BCUT2D eigenvalue weighted by molar-refractivity contribution is -0.146. The Labute approximate surface area is 272 Å². The second-order valence-electron chi connectivity index (χ2n) is 12.8. The third kappa shape index (κ3) is 5.76. The molecular weight excluding hydrogens is 582 g/mol. The number of likely N-dealkylation sites (tertiary alicyclic amines) is 1. The van der Waals surface area contributed by atoms with E-state index in [4.69, 9.17) is 0 Å². The van der Waals surface area contributed by atoms with Crippen molar-refractivity contribution in [3.8, 4) is 0 Å². The number of thioether (sulfide) groups is 1. The number of nitrogens with zero attached hydrogens (tertiary/aromatic N) is 3. The first-order valence-corrected chi connectivity index (χ1v) is 17.2. The molecule has 3 fully saturated rings. The number of aliphatic hydroxyl groups is 1. The lowest BCUT2D eigenvalue weighted by Gasteiger charge is -2.43. The molecular formula is C37H47N3O4S. The molecule has 3 heterocycles. The van der Waals surface area contributed by atoms with Gasteiger partial charge in [0.15, 0.2) is 0 Å². The van der Waals surface area contributed by atoms with Crippen LogP contribution < -0.4 is 4.90 Å². The van der Waals surface area contributed by atoms with E-state index in [9.17, 15) is 19.5 Å². The summed E-state index contributed by atoms with van der Waals surface area (Å²) in [4.78, 5) is 49.8. The first-order valence-electron chi connectivity index (χ1n) is 16.3. The Hall–Kier alpha value is -3.36. The molecule has 0 radical (unpaired) electrons. The summed E-state index contributed by atoms with van der Waals surface area (Å²) in [5.41, 5.74) is 1.74. The van der Waals surface area contributed by atoms with Crippen LogP contribution in [0.25, 0.3) is 0 Å². The zero-order valence-electron chi connectivity index (χ0n) is 26.8. The predicted octanol–water partition coefficient (Wildman–Crippen LogP) is 5.35. The van der Waals surface area contributed by atoms with Gasteiger partial charge in [0.2, 0.25) is 17.7 Å². The number of rotatable bonds is 14. The van der Waals surface area contributed by atoms with Gasteiger partial charge in [0.25, 0.3) is 0 Å². The molecule has 240 valence electrons. The van der Waals surface area contributed by atoms with E-state index in [-0.39, 0.29) is 41.5 Å². The van der Waals surface area contributed by atoms with Gasteiger partial charge in [-0.25, -0.2) is 0 Å². The fourth-order valence-electron chi connectivity index (χ4n) is 8.15. The zero-order valence-corrected chi connectivity index (χ0v) is 27.6. The molecule has 0 aliphatic carbocycles. The highest BCUT2D eigenvalue weighted by molar-refractivity contribution is 8.02. The van der Waals surface area contributed by atoms with Crippen molar-refractivity contribution in [1.82, 2.24) is 9.80 Å². The first kappa shape index (κ1) is 33.0. The number of fused-ring (bicyclic) bond motifs is 1. The van der Waals surface area contributed by atoms with Gasteiger partial charge < -0.3 is 19.8 Å². The number of amides is 3. The zero-order chi connectivity index (χ0) is 32.3. The standard InChI is InChI=1S/C37H47N3O4S/c1-6-15-26(5)38(20-7-2)36(44)33-37-25(4)22-30(45-37)31(34(42)39(21-8-3)28-18-13-10-14-19-28)32(37)35(43)40(33)29(24-41)23-27-16-11-9-12-17-27/h7-14,16-19,25-26,29-33,41H,2-3,6,15,20-24H2,1,4-5H3/t25?,26?,29-,30-,31+,32+,33?,37?/m1/s1. The number of carbonyl (C=O) groups is 3. The second-order valence-corrected chi connectivity index (χ2v) is 14.4. The Morgan fingerprint density at radius 3 is 2.31 bits per heavy atom. The minimum atomic E-state index is -0.803. The third-order valence-corrected chi connectivity index (χ3v) is 12.2. The molecule has 5 rings (SSSR count). The maximum Gasteiger partial charge on any atom is 0.247 e. The van der Waals surface area contributed by atoms with Gasteiger partial charge >= 0.3 is 0 Å². The summed E-state index contributed by atoms with van der Waals surface area (Å²) in [6.45, 7) is 14.5. The number of carbonyl (C=O) groups excluding carboxylic acids is 3. The molecule has 8 heteroatoms. The minimum Gasteiger partial charge on any atom is -0.394 e. The van der Waals surface area contributed by atoms with Crippen molar-refractivity contribution in [1.29, 1.82) is 0 Å². The van der Waals surface area contributed by atoms with Crippen molar-refractivity contribution >= 4 is 35.2 Å². The molecule has 1 spiro atoms. The highest BCUT2D eigenvalue weighted by Crippen LogP contribution is 2.69. The van der Waals surface area contributed by atoms with Crippen LogP contribution in [0.2, 0.25) is 0 Å². The third-order valence-electron chi connectivity index (χ3n) is 10.1. The van der Waals surface area contributed by atoms with Crippen LogP contribution in [-0.4, -0.2) is 80.4 Å². The molecule has 2 aromatic rings. The molecule has 7 nitrogen and oxygen atoms in total. The maximum absolute atomic E-state index is 15.0. The van der Waals surface area contributed by atoms with Crippen LogP contribution in [0, 0.1) is 17.8 Å². The molecule has 3 aliphatic heterocycles. The summed E-state index contributed by atoms with van der Waals surface area (Å²) in [6.07, 6.45) is 6.35. The van der Waals surface area contributed by atoms with Crippen molar-refractivity contribution in [2.24, 2.45) is 17.8 Å². The van der Waals surface area contributed by atoms with Crippen molar-refractivity contribution in [2.45, 2.75) is 74.6 Å². The molecule has 3 amide bonds. The van der Waals surface area contributed by atoms with Crippen LogP contribution in [0.5, 0.6) is 0 Å².